The van der Waals surface area contributed by atoms with Crippen molar-refractivity contribution in [2.24, 2.45) is 17.3 Å². The van der Waals surface area contributed by atoms with Gasteiger partial charge in [0.25, 0.3) is 0 Å². The zero-order valence-corrected chi connectivity index (χ0v) is 16.6. The topological polar surface area (TPSA) is 58.6 Å². The number of ether oxygens (including phenoxy) is 1. The van der Waals surface area contributed by atoms with Crippen LogP contribution in [-0.4, -0.2) is 17.8 Å². The summed E-state index contributed by atoms with van der Waals surface area (Å²) in [6.45, 7) is 11.3. The molecule has 0 heterocycles. The minimum atomic E-state index is -0.520. The average molecular weight is 357 g/mol. The first kappa shape index (κ1) is 18.8. The lowest BCUT2D eigenvalue weighted by molar-refractivity contribution is -0.00959. The molecule has 1 amide bonds. The Bertz CT molecular complexity index is 727. The van der Waals surface area contributed by atoms with Gasteiger partial charge in [0, 0.05) is 6.42 Å². The van der Waals surface area contributed by atoms with Gasteiger partial charge >= 0.3 is 6.09 Å². The molecule has 0 saturated heterocycles. The maximum Gasteiger partial charge on any atom is 0.411 e. The molecule has 2 atom stereocenters. The van der Waals surface area contributed by atoms with Gasteiger partial charge in [0.15, 0.2) is 0 Å². The van der Waals surface area contributed by atoms with Crippen LogP contribution in [-0.2, 0) is 10.2 Å². The van der Waals surface area contributed by atoms with Crippen LogP contribution < -0.4 is 5.32 Å². The number of nitrogens with one attached hydrogen (secondary N) is 1. The van der Waals surface area contributed by atoms with E-state index in [1.54, 1.807) is 12.1 Å². The summed E-state index contributed by atoms with van der Waals surface area (Å²) in [4.78, 5) is 12.1. The first-order chi connectivity index (χ1) is 12.1. The third-order valence-corrected chi connectivity index (χ3v) is 6.31. The van der Waals surface area contributed by atoms with E-state index in [1.807, 2.05) is 6.07 Å². The fourth-order valence-corrected chi connectivity index (χ4v) is 4.27. The molecule has 0 radical (unpaired) electrons. The molecule has 1 aromatic carbocycles. The number of hydrogen-bond donors (Lipinski definition) is 2. The van der Waals surface area contributed by atoms with Gasteiger partial charge in [0.2, 0.25) is 0 Å². The molecule has 4 rings (SSSR count). The number of phenolic OH excluding ortho intramolecular Hbond substituents is 1. The monoisotopic (exact) mass is 357 g/mol. The SMILES string of the molecule is CC(C)(C)c1ccc(O)c(NC(=O)OCCC2=CCC3CC2C3(C)C)c1. The van der Waals surface area contributed by atoms with Gasteiger partial charge in [-0.05, 0) is 53.2 Å². The largest absolute Gasteiger partial charge is 0.506 e. The molecular formula is C22H31NO3. The van der Waals surface area contributed by atoms with Crippen molar-refractivity contribution >= 4 is 11.8 Å². The van der Waals surface area contributed by atoms with Crippen LogP contribution in [0.25, 0.3) is 0 Å². The van der Waals surface area contributed by atoms with Crippen LogP contribution in [0.2, 0.25) is 0 Å². The zero-order chi connectivity index (χ0) is 19.1. The molecule has 2 bridgehead atoms. The number of carbonyl (C=O) groups excluding carboxylic acids is 1. The lowest BCUT2D eigenvalue weighted by atomic mass is 9.48. The maximum absolute atomic E-state index is 12.1. The Labute approximate surface area is 156 Å². The van der Waals surface area contributed by atoms with Gasteiger partial charge in [-0.1, -0.05) is 52.3 Å². The van der Waals surface area contributed by atoms with Crippen LogP contribution in [0.3, 0.4) is 0 Å². The third kappa shape index (κ3) is 3.60. The van der Waals surface area contributed by atoms with E-state index in [1.165, 1.54) is 12.0 Å². The fourth-order valence-electron chi connectivity index (χ4n) is 4.27. The molecule has 0 aromatic heterocycles. The van der Waals surface area contributed by atoms with Crippen LogP contribution in [0.1, 0.15) is 59.4 Å². The van der Waals surface area contributed by atoms with Crippen molar-refractivity contribution in [3.05, 3.63) is 35.4 Å². The normalized spacial score (nSPS) is 23.7. The summed E-state index contributed by atoms with van der Waals surface area (Å²) in [6.07, 6.45) is 5.04. The van der Waals surface area contributed by atoms with E-state index in [0.29, 0.717) is 23.6 Å². The number of hydrogen-bond acceptors (Lipinski definition) is 3. The summed E-state index contributed by atoms with van der Waals surface area (Å²) >= 11 is 0. The highest BCUT2D eigenvalue weighted by Gasteiger charge is 2.50. The number of rotatable bonds is 4. The number of phenols is 1. The average Bonchev–Trinajstić information content (AvgIpc) is 2.55. The maximum atomic E-state index is 12.1. The first-order valence-electron chi connectivity index (χ1n) is 9.55. The second kappa shape index (κ2) is 6.64. The number of anilines is 1. The third-order valence-electron chi connectivity index (χ3n) is 6.31. The molecule has 3 aliphatic rings. The van der Waals surface area contributed by atoms with Crippen molar-refractivity contribution in [2.75, 3.05) is 11.9 Å². The summed E-state index contributed by atoms with van der Waals surface area (Å²) in [7, 11) is 0. The highest BCUT2D eigenvalue weighted by molar-refractivity contribution is 5.86. The number of aromatic hydroxyl groups is 1. The van der Waals surface area contributed by atoms with Crippen LogP contribution in [0.4, 0.5) is 10.5 Å². The quantitative estimate of drug-likeness (QED) is 0.543. The highest BCUT2D eigenvalue weighted by atomic mass is 16.5. The van der Waals surface area contributed by atoms with Crippen molar-refractivity contribution in [3.8, 4) is 5.75 Å². The first-order valence-corrected chi connectivity index (χ1v) is 9.55. The molecule has 0 aliphatic heterocycles. The number of amides is 1. The fraction of sp³-hybridized carbons (Fsp3) is 0.591. The van der Waals surface area contributed by atoms with Gasteiger partial charge < -0.3 is 9.84 Å². The molecule has 2 unspecified atom stereocenters. The Hall–Kier alpha value is -1.97. The van der Waals surface area contributed by atoms with Crippen molar-refractivity contribution in [2.45, 2.75) is 59.3 Å². The Morgan fingerprint density at radius 2 is 2.08 bits per heavy atom. The van der Waals surface area contributed by atoms with Gasteiger partial charge in [-0.25, -0.2) is 4.79 Å². The van der Waals surface area contributed by atoms with E-state index >= 15 is 0 Å². The predicted octanol–water partition coefficient (Wildman–Crippen LogP) is 5.62. The Morgan fingerprint density at radius 3 is 2.69 bits per heavy atom. The van der Waals surface area contributed by atoms with Crippen molar-refractivity contribution in [3.63, 3.8) is 0 Å². The minimum Gasteiger partial charge on any atom is -0.506 e. The minimum absolute atomic E-state index is 0.0483. The molecular weight excluding hydrogens is 326 g/mol. The van der Waals surface area contributed by atoms with Crippen molar-refractivity contribution in [1.29, 1.82) is 0 Å². The van der Waals surface area contributed by atoms with Crippen LogP contribution in [0.5, 0.6) is 5.75 Å². The van der Waals surface area contributed by atoms with E-state index < -0.39 is 6.09 Å². The second-order valence-electron chi connectivity index (χ2n) is 9.31. The zero-order valence-electron chi connectivity index (χ0n) is 16.6. The predicted molar refractivity (Wildman–Crippen MR) is 104 cm³/mol. The van der Waals surface area contributed by atoms with Crippen molar-refractivity contribution in [1.82, 2.24) is 0 Å². The van der Waals surface area contributed by atoms with E-state index in [0.717, 1.165) is 24.3 Å². The summed E-state index contributed by atoms with van der Waals surface area (Å²) in [6, 6.07) is 5.28. The number of benzene rings is 1. The number of allylic oxidation sites excluding steroid dienone is 1. The van der Waals surface area contributed by atoms with E-state index in [4.69, 9.17) is 4.74 Å². The molecule has 1 saturated carbocycles. The molecule has 142 valence electrons. The smallest absolute Gasteiger partial charge is 0.411 e. The van der Waals surface area contributed by atoms with Gasteiger partial charge in [-0.2, -0.15) is 0 Å². The molecule has 0 spiro atoms. The standard InChI is InChI=1S/C22H31NO3/c1-21(2,3)15-8-9-19(24)18(13-15)23-20(25)26-11-10-14-6-7-16-12-17(14)22(16,4)5/h6,8-9,13,16-17,24H,7,10-12H2,1-5H3,(H,23,25). The van der Waals surface area contributed by atoms with Crippen molar-refractivity contribution < 1.29 is 14.6 Å². The highest BCUT2D eigenvalue weighted by Crippen LogP contribution is 2.59. The summed E-state index contributed by atoms with van der Waals surface area (Å²) in [5.74, 6) is 1.51. The van der Waals surface area contributed by atoms with Gasteiger partial charge in [0.05, 0.1) is 12.3 Å². The molecule has 4 heteroatoms. The summed E-state index contributed by atoms with van der Waals surface area (Å²) in [5.41, 5.74) is 3.20. The Morgan fingerprint density at radius 1 is 1.35 bits per heavy atom. The van der Waals surface area contributed by atoms with Crippen LogP contribution >= 0.6 is 0 Å². The molecule has 4 nitrogen and oxygen atoms in total. The second-order valence-corrected chi connectivity index (χ2v) is 9.31. The van der Waals surface area contributed by atoms with Gasteiger partial charge in [-0.15, -0.1) is 0 Å². The van der Waals surface area contributed by atoms with E-state index in [9.17, 15) is 9.90 Å². The van der Waals surface area contributed by atoms with Crippen LogP contribution in [0.15, 0.2) is 29.8 Å². The molecule has 2 N–H and O–H groups in total. The van der Waals surface area contributed by atoms with Gasteiger partial charge in [-0.3, -0.25) is 5.32 Å². The Kier molecular flexibility index (Phi) is 4.80. The number of carbonyl (C=O) groups is 1. The summed E-state index contributed by atoms with van der Waals surface area (Å²) in [5, 5.41) is 12.7. The van der Waals surface area contributed by atoms with E-state index in [-0.39, 0.29) is 11.2 Å². The molecule has 26 heavy (non-hydrogen) atoms. The molecule has 1 aromatic rings. The Balaban J connectivity index is 1.53. The lowest BCUT2D eigenvalue weighted by Crippen LogP contribution is -2.48. The van der Waals surface area contributed by atoms with Gasteiger partial charge in [0.1, 0.15) is 5.75 Å². The summed E-state index contributed by atoms with van der Waals surface area (Å²) < 4.78 is 5.36. The number of fused-ring (bicyclic) bond motifs is 1. The van der Waals surface area contributed by atoms with E-state index in [2.05, 4.69) is 46.0 Å². The van der Waals surface area contributed by atoms with Crippen LogP contribution in [0, 0.1) is 17.3 Å². The molecule has 1 fully saturated rings. The molecule has 3 aliphatic carbocycles. The lowest BCUT2D eigenvalue weighted by Gasteiger charge is -2.56.